The minimum atomic E-state index is -0.284. The molecule has 6 heteroatoms. The lowest BCUT2D eigenvalue weighted by atomic mass is 9.95. The van der Waals surface area contributed by atoms with E-state index >= 15 is 0 Å². The van der Waals surface area contributed by atoms with Crippen LogP contribution in [0.5, 0.6) is 5.75 Å². The lowest BCUT2D eigenvalue weighted by Gasteiger charge is -2.23. The van der Waals surface area contributed by atoms with Gasteiger partial charge in [0.25, 0.3) is 5.91 Å². The van der Waals surface area contributed by atoms with E-state index in [-0.39, 0.29) is 28.2 Å². The molecule has 4 nitrogen and oxygen atoms in total. The first-order chi connectivity index (χ1) is 10.9. The second-order valence-electron chi connectivity index (χ2n) is 5.44. The van der Waals surface area contributed by atoms with Crippen molar-refractivity contribution in [3.05, 3.63) is 57.8 Å². The molecule has 122 valence electrons. The molecule has 23 heavy (non-hydrogen) atoms. The molecule has 2 rings (SSSR count). The van der Waals surface area contributed by atoms with E-state index in [0.717, 1.165) is 11.3 Å². The minimum Gasteiger partial charge on any atom is -0.497 e. The van der Waals surface area contributed by atoms with Crippen LogP contribution in [0.2, 0.25) is 10.3 Å². The summed E-state index contributed by atoms with van der Waals surface area (Å²) in [4.78, 5) is 16.4. The molecule has 1 unspecified atom stereocenters. The number of aromatic nitrogens is 1. The van der Waals surface area contributed by atoms with Gasteiger partial charge in [0, 0.05) is 0 Å². The Morgan fingerprint density at radius 3 is 2.30 bits per heavy atom. The maximum absolute atomic E-state index is 12.5. The molecule has 0 saturated heterocycles. The number of benzene rings is 1. The van der Waals surface area contributed by atoms with E-state index in [0.29, 0.717) is 5.56 Å². The molecule has 1 atom stereocenters. The molecule has 0 fully saturated rings. The van der Waals surface area contributed by atoms with Crippen molar-refractivity contribution < 1.29 is 9.53 Å². The Labute approximate surface area is 145 Å². The summed E-state index contributed by atoms with van der Waals surface area (Å²) in [6, 6.07) is 10.6. The number of nitrogens with one attached hydrogen (secondary N) is 1. The Balaban J connectivity index is 2.23. The summed E-state index contributed by atoms with van der Waals surface area (Å²) >= 11 is 11.8. The number of halogens is 2. The smallest absolute Gasteiger partial charge is 0.254 e. The Bertz CT molecular complexity index is 687. The first kappa shape index (κ1) is 17.6. The fraction of sp³-hybridized carbons (Fsp3) is 0.294. The number of carbonyl (C=O) groups excluding carboxylic acids is 1. The normalized spacial score (nSPS) is 12.1. The zero-order valence-corrected chi connectivity index (χ0v) is 14.7. The number of methoxy groups -OCH3 is 1. The zero-order valence-electron chi connectivity index (χ0n) is 13.1. The third-order valence-corrected chi connectivity index (χ3v) is 3.99. The van der Waals surface area contributed by atoms with E-state index in [4.69, 9.17) is 27.9 Å². The Morgan fingerprint density at radius 2 is 1.78 bits per heavy atom. The van der Waals surface area contributed by atoms with E-state index in [9.17, 15) is 4.79 Å². The minimum absolute atomic E-state index is 0.0900. The summed E-state index contributed by atoms with van der Waals surface area (Å²) in [7, 11) is 1.62. The second-order valence-corrected chi connectivity index (χ2v) is 6.19. The highest BCUT2D eigenvalue weighted by molar-refractivity contribution is 6.34. The van der Waals surface area contributed by atoms with E-state index in [1.807, 2.05) is 38.1 Å². The lowest BCUT2D eigenvalue weighted by Crippen LogP contribution is -2.32. The van der Waals surface area contributed by atoms with Crippen molar-refractivity contribution in [2.24, 2.45) is 5.92 Å². The van der Waals surface area contributed by atoms with E-state index < -0.39 is 0 Å². The molecule has 0 spiro atoms. The molecule has 1 amide bonds. The molecule has 0 saturated carbocycles. The average Bonchev–Trinajstić information content (AvgIpc) is 2.52. The number of pyridine rings is 1. The van der Waals surface area contributed by atoms with Crippen LogP contribution in [0.15, 0.2) is 36.4 Å². The van der Waals surface area contributed by atoms with Crippen molar-refractivity contribution in [1.29, 1.82) is 0 Å². The van der Waals surface area contributed by atoms with Gasteiger partial charge in [0.2, 0.25) is 0 Å². The highest BCUT2D eigenvalue weighted by Crippen LogP contribution is 2.25. The highest BCUT2D eigenvalue weighted by Gasteiger charge is 2.21. The van der Waals surface area contributed by atoms with Crippen LogP contribution < -0.4 is 10.1 Å². The van der Waals surface area contributed by atoms with E-state index in [2.05, 4.69) is 10.3 Å². The van der Waals surface area contributed by atoms with Crippen LogP contribution in [0, 0.1) is 5.92 Å². The first-order valence-corrected chi connectivity index (χ1v) is 7.95. The summed E-state index contributed by atoms with van der Waals surface area (Å²) < 4.78 is 5.16. The molecule has 1 N–H and O–H groups in total. The Hall–Kier alpha value is -1.78. The van der Waals surface area contributed by atoms with Gasteiger partial charge in [-0.15, -0.1) is 0 Å². The molecule has 1 aromatic carbocycles. The SMILES string of the molecule is COc1ccc(C(NC(=O)c2ccc(Cl)nc2Cl)C(C)C)cc1. The van der Waals surface area contributed by atoms with Gasteiger partial charge in [0.1, 0.15) is 16.1 Å². The molecule has 0 aliphatic heterocycles. The standard InChI is InChI=1S/C17H18Cl2N2O2/c1-10(2)15(11-4-6-12(23-3)7-5-11)21-17(22)13-8-9-14(18)20-16(13)19/h4-10,15H,1-3H3,(H,21,22). The molecular formula is C17H18Cl2N2O2. The molecule has 1 aromatic heterocycles. The largest absolute Gasteiger partial charge is 0.497 e. The maximum Gasteiger partial charge on any atom is 0.254 e. The zero-order chi connectivity index (χ0) is 17.0. The van der Waals surface area contributed by atoms with Crippen LogP contribution in [-0.4, -0.2) is 18.0 Å². The van der Waals surface area contributed by atoms with Crippen molar-refractivity contribution in [3.63, 3.8) is 0 Å². The van der Waals surface area contributed by atoms with Crippen LogP contribution in [0.25, 0.3) is 0 Å². The Kier molecular flexibility index (Phi) is 5.85. The summed E-state index contributed by atoms with van der Waals surface area (Å²) in [5, 5.41) is 3.34. The van der Waals surface area contributed by atoms with Crippen LogP contribution in [0.1, 0.15) is 35.8 Å². The van der Waals surface area contributed by atoms with Crippen LogP contribution in [0.4, 0.5) is 0 Å². The van der Waals surface area contributed by atoms with Gasteiger partial charge in [-0.1, -0.05) is 49.2 Å². The maximum atomic E-state index is 12.5. The summed E-state index contributed by atoms with van der Waals surface area (Å²) in [5.74, 6) is 0.688. The molecule has 1 heterocycles. The third-order valence-electron chi connectivity index (χ3n) is 3.49. The van der Waals surface area contributed by atoms with Gasteiger partial charge in [-0.2, -0.15) is 0 Å². The number of carbonyl (C=O) groups is 1. The average molecular weight is 353 g/mol. The number of ether oxygens (including phenoxy) is 1. The molecular weight excluding hydrogens is 335 g/mol. The summed E-state index contributed by atoms with van der Waals surface area (Å²) in [6.45, 7) is 4.08. The van der Waals surface area contributed by atoms with Gasteiger partial charge in [0.15, 0.2) is 0 Å². The lowest BCUT2D eigenvalue weighted by molar-refractivity contribution is 0.0925. The van der Waals surface area contributed by atoms with Crippen molar-refractivity contribution in [2.75, 3.05) is 7.11 Å². The third kappa shape index (κ3) is 4.36. The van der Waals surface area contributed by atoms with Crippen LogP contribution in [0.3, 0.4) is 0 Å². The molecule has 0 aliphatic rings. The van der Waals surface area contributed by atoms with Crippen LogP contribution in [-0.2, 0) is 0 Å². The predicted octanol–water partition coefficient (Wildman–Crippen LogP) is 4.52. The monoisotopic (exact) mass is 352 g/mol. The van der Waals surface area contributed by atoms with Gasteiger partial charge < -0.3 is 10.1 Å². The van der Waals surface area contributed by atoms with Gasteiger partial charge in [-0.3, -0.25) is 4.79 Å². The first-order valence-electron chi connectivity index (χ1n) is 7.19. The van der Waals surface area contributed by atoms with Gasteiger partial charge in [-0.25, -0.2) is 4.98 Å². The topological polar surface area (TPSA) is 51.2 Å². The fourth-order valence-electron chi connectivity index (χ4n) is 2.25. The van der Waals surface area contributed by atoms with Gasteiger partial charge in [0.05, 0.1) is 18.7 Å². The van der Waals surface area contributed by atoms with Gasteiger partial charge in [-0.05, 0) is 35.7 Å². The van der Waals surface area contributed by atoms with E-state index in [1.54, 1.807) is 19.2 Å². The van der Waals surface area contributed by atoms with Crippen LogP contribution >= 0.6 is 23.2 Å². The molecule has 0 radical (unpaired) electrons. The quantitative estimate of drug-likeness (QED) is 0.804. The predicted molar refractivity (Wildman–Crippen MR) is 92.3 cm³/mol. The summed E-state index contributed by atoms with van der Waals surface area (Å²) in [5.41, 5.74) is 1.29. The molecule has 0 bridgehead atoms. The number of nitrogens with zero attached hydrogens (tertiary/aromatic N) is 1. The fourth-order valence-corrected chi connectivity index (χ4v) is 2.68. The highest BCUT2D eigenvalue weighted by atomic mass is 35.5. The number of hydrogen-bond acceptors (Lipinski definition) is 3. The van der Waals surface area contributed by atoms with E-state index in [1.165, 1.54) is 0 Å². The molecule has 2 aromatic rings. The second kappa shape index (κ2) is 7.66. The molecule has 0 aliphatic carbocycles. The Morgan fingerprint density at radius 1 is 1.13 bits per heavy atom. The van der Waals surface area contributed by atoms with Gasteiger partial charge >= 0.3 is 0 Å². The van der Waals surface area contributed by atoms with Crippen molar-refractivity contribution in [3.8, 4) is 5.75 Å². The van der Waals surface area contributed by atoms with Crippen molar-refractivity contribution >= 4 is 29.1 Å². The van der Waals surface area contributed by atoms with Crippen molar-refractivity contribution in [1.82, 2.24) is 10.3 Å². The van der Waals surface area contributed by atoms with Crippen molar-refractivity contribution in [2.45, 2.75) is 19.9 Å². The number of amides is 1. The summed E-state index contributed by atoms with van der Waals surface area (Å²) in [6.07, 6.45) is 0. The number of hydrogen-bond donors (Lipinski definition) is 1. The number of rotatable bonds is 5.